The lowest BCUT2D eigenvalue weighted by molar-refractivity contribution is 0.0734. The van der Waals surface area contributed by atoms with E-state index in [4.69, 9.17) is 10.8 Å². The average Bonchev–Trinajstić information content (AvgIpc) is 1.80. The Balaban J connectivity index is 2.35. The molecule has 0 spiro atoms. The molecule has 3 N–H and O–H groups in total. The van der Waals surface area contributed by atoms with Crippen LogP contribution in [0.15, 0.2) is 0 Å². The summed E-state index contributed by atoms with van der Waals surface area (Å²) >= 11 is 0. The highest BCUT2D eigenvalue weighted by Crippen LogP contribution is 2.05. The van der Waals surface area contributed by atoms with E-state index in [-0.39, 0.29) is 12.1 Å². The number of aliphatic hydroxyl groups excluding tert-OH is 1. The highest BCUT2D eigenvalue weighted by molar-refractivity contribution is 4.80. The number of rotatable bonds is 0. The molecule has 0 unspecified atom stereocenters. The predicted octanol–water partition coefficient (Wildman–Crippen LogP) is -0.990. The molecule has 0 aromatic heterocycles. The fourth-order valence-electron chi connectivity index (χ4n) is 1.14. The molecule has 9 heavy (non-hydrogen) atoms. The van der Waals surface area contributed by atoms with Gasteiger partial charge in [0.2, 0.25) is 0 Å². The lowest BCUT2D eigenvalue weighted by atomic mass is 10.0. The largest absolute Gasteiger partial charge is 0.391 e. The van der Waals surface area contributed by atoms with Gasteiger partial charge in [0.15, 0.2) is 0 Å². The van der Waals surface area contributed by atoms with E-state index in [9.17, 15) is 0 Å². The van der Waals surface area contributed by atoms with Crippen LogP contribution in [0.5, 0.6) is 0 Å². The molecule has 0 aliphatic carbocycles. The molecule has 54 valence electrons. The molecule has 0 radical (unpaired) electrons. The maximum absolute atomic E-state index is 9.14. The molecule has 1 fully saturated rings. The molecule has 1 heterocycles. The van der Waals surface area contributed by atoms with Crippen molar-refractivity contribution in [1.29, 1.82) is 0 Å². The van der Waals surface area contributed by atoms with E-state index in [1.807, 2.05) is 7.05 Å². The number of likely N-dealkylation sites (N-methyl/N-ethyl adjacent to an activating group) is 1. The minimum Gasteiger partial charge on any atom is -0.391 e. The third kappa shape index (κ3) is 1.64. The van der Waals surface area contributed by atoms with Crippen LogP contribution >= 0.6 is 0 Å². The van der Waals surface area contributed by atoms with Crippen molar-refractivity contribution < 1.29 is 5.11 Å². The Hall–Kier alpha value is -0.120. The first kappa shape index (κ1) is 6.99. The third-order valence-corrected chi connectivity index (χ3v) is 1.82. The van der Waals surface area contributed by atoms with Gasteiger partial charge in [-0.2, -0.15) is 0 Å². The van der Waals surface area contributed by atoms with E-state index >= 15 is 0 Å². The second-order valence-electron chi connectivity index (χ2n) is 2.78. The normalized spacial score (nSPS) is 39.0. The molecule has 0 bridgehead atoms. The summed E-state index contributed by atoms with van der Waals surface area (Å²) in [6.07, 6.45) is 0.540. The van der Waals surface area contributed by atoms with Crippen LogP contribution in [0.2, 0.25) is 0 Å². The van der Waals surface area contributed by atoms with Gasteiger partial charge in [0.05, 0.1) is 6.10 Å². The zero-order valence-corrected chi connectivity index (χ0v) is 5.75. The third-order valence-electron chi connectivity index (χ3n) is 1.82. The van der Waals surface area contributed by atoms with E-state index < -0.39 is 0 Å². The Morgan fingerprint density at radius 1 is 1.67 bits per heavy atom. The zero-order chi connectivity index (χ0) is 6.85. The van der Waals surface area contributed by atoms with Crippen LogP contribution in [0.3, 0.4) is 0 Å². The number of piperidine rings is 1. The van der Waals surface area contributed by atoms with Gasteiger partial charge < -0.3 is 15.7 Å². The molecule has 1 rings (SSSR count). The first-order valence-electron chi connectivity index (χ1n) is 3.32. The van der Waals surface area contributed by atoms with Crippen molar-refractivity contribution in [3.8, 4) is 0 Å². The van der Waals surface area contributed by atoms with Gasteiger partial charge in [-0.25, -0.2) is 0 Å². The average molecular weight is 130 g/mol. The number of likely N-dealkylation sites (tertiary alicyclic amines) is 1. The summed E-state index contributed by atoms with van der Waals surface area (Å²) < 4.78 is 0. The summed E-state index contributed by atoms with van der Waals surface area (Å²) in [5, 5.41) is 9.14. The highest BCUT2D eigenvalue weighted by atomic mass is 16.3. The number of hydrogen-bond donors (Lipinski definition) is 2. The van der Waals surface area contributed by atoms with Crippen LogP contribution in [0.25, 0.3) is 0 Å². The minimum atomic E-state index is -0.277. The minimum absolute atomic E-state index is 0.0382. The van der Waals surface area contributed by atoms with Gasteiger partial charge in [0.25, 0.3) is 0 Å². The molecule has 1 aliphatic rings. The monoisotopic (exact) mass is 130 g/mol. The summed E-state index contributed by atoms with van der Waals surface area (Å²) in [4.78, 5) is 2.14. The maximum Gasteiger partial charge on any atom is 0.0715 e. The van der Waals surface area contributed by atoms with Crippen molar-refractivity contribution in [3.63, 3.8) is 0 Å². The lowest BCUT2D eigenvalue weighted by Gasteiger charge is -2.31. The fourth-order valence-corrected chi connectivity index (χ4v) is 1.14. The van der Waals surface area contributed by atoms with Crippen LogP contribution in [0.1, 0.15) is 6.42 Å². The van der Waals surface area contributed by atoms with E-state index in [0.29, 0.717) is 0 Å². The molecule has 1 saturated heterocycles. The summed E-state index contributed by atoms with van der Waals surface area (Å²) in [5.41, 5.74) is 5.58. The van der Waals surface area contributed by atoms with Crippen LogP contribution in [-0.2, 0) is 0 Å². The summed E-state index contributed by atoms with van der Waals surface area (Å²) in [6.45, 7) is 1.79. The highest BCUT2D eigenvalue weighted by Gasteiger charge is 2.21. The molecule has 1 aliphatic heterocycles. The van der Waals surface area contributed by atoms with E-state index in [2.05, 4.69) is 4.90 Å². The molecular weight excluding hydrogens is 116 g/mol. The van der Waals surface area contributed by atoms with Crippen molar-refractivity contribution in [2.24, 2.45) is 5.73 Å². The van der Waals surface area contributed by atoms with Gasteiger partial charge in [0, 0.05) is 19.1 Å². The Morgan fingerprint density at radius 3 is 2.78 bits per heavy atom. The van der Waals surface area contributed by atoms with Crippen molar-refractivity contribution in [1.82, 2.24) is 4.90 Å². The van der Waals surface area contributed by atoms with Gasteiger partial charge in [-0.05, 0) is 13.5 Å². The first-order chi connectivity index (χ1) is 4.20. The van der Waals surface area contributed by atoms with Crippen LogP contribution in [0, 0.1) is 0 Å². The van der Waals surface area contributed by atoms with Crippen molar-refractivity contribution in [3.05, 3.63) is 0 Å². The van der Waals surface area contributed by atoms with Gasteiger partial charge >= 0.3 is 0 Å². The quantitative estimate of drug-likeness (QED) is 0.442. The Labute approximate surface area is 55.5 Å². The van der Waals surface area contributed by atoms with Crippen LogP contribution in [0.4, 0.5) is 0 Å². The van der Waals surface area contributed by atoms with E-state index in [1.165, 1.54) is 0 Å². The molecule has 0 amide bonds. The summed E-state index contributed by atoms with van der Waals surface area (Å²) in [6, 6.07) is -0.0382. The topological polar surface area (TPSA) is 49.5 Å². The SMILES string of the molecule is CN1CC[C@H](O)[C@@H](N)C1. The van der Waals surface area contributed by atoms with Crippen molar-refractivity contribution >= 4 is 0 Å². The van der Waals surface area contributed by atoms with Crippen molar-refractivity contribution in [2.45, 2.75) is 18.6 Å². The Morgan fingerprint density at radius 2 is 2.33 bits per heavy atom. The molecule has 3 heteroatoms. The molecular formula is C6H14N2O. The molecule has 0 aromatic carbocycles. The smallest absolute Gasteiger partial charge is 0.0715 e. The fraction of sp³-hybridized carbons (Fsp3) is 1.00. The number of aliphatic hydroxyl groups is 1. The maximum atomic E-state index is 9.14. The van der Waals surface area contributed by atoms with Gasteiger partial charge in [0.1, 0.15) is 0 Å². The van der Waals surface area contributed by atoms with Gasteiger partial charge in [-0.1, -0.05) is 0 Å². The second kappa shape index (κ2) is 2.64. The molecule has 3 nitrogen and oxygen atoms in total. The number of hydrogen-bond acceptors (Lipinski definition) is 3. The van der Waals surface area contributed by atoms with Gasteiger partial charge in [-0.15, -0.1) is 0 Å². The van der Waals surface area contributed by atoms with Crippen LogP contribution < -0.4 is 5.73 Å². The lowest BCUT2D eigenvalue weighted by Crippen LogP contribution is -2.49. The van der Waals surface area contributed by atoms with Crippen molar-refractivity contribution in [2.75, 3.05) is 20.1 Å². The number of nitrogens with two attached hydrogens (primary N) is 1. The van der Waals surface area contributed by atoms with Gasteiger partial charge in [-0.3, -0.25) is 0 Å². The summed E-state index contributed by atoms with van der Waals surface area (Å²) in [5.74, 6) is 0. The van der Waals surface area contributed by atoms with Crippen LogP contribution in [-0.4, -0.2) is 42.3 Å². The standard InChI is InChI=1S/C6H14N2O/c1-8-3-2-6(9)5(7)4-8/h5-6,9H,2-4,7H2,1H3/t5-,6-/m0/s1. The Bertz CT molecular complexity index is 97.1. The van der Waals surface area contributed by atoms with E-state index in [1.54, 1.807) is 0 Å². The second-order valence-corrected chi connectivity index (χ2v) is 2.78. The Kier molecular flexibility index (Phi) is 2.05. The molecule has 0 aromatic rings. The molecule has 0 saturated carbocycles. The zero-order valence-electron chi connectivity index (χ0n) is 5.75. The molecule has 2 atom stereocenters. The predicted molar refractivity (Wildman–Crippen MR) is 36.1 cm³/mol. The summed E-state index contributed by atoms with van der Waals surface area (Å²) in [7, 11) is 2.02. The number of nitrogens with zero attached hydrogens (tertiary/aromatic N) is 1. The van der Waals surface area contributed by atoms with E-state index in [0.717, 1.165) is 19.5 Å². The first-order valence-corrected chi connectivity index (χ1v) is 3.32.